The molecule has 0 unspecified atom stereocenters. The molecule has 1 aromatic rings. The average molecular weight is 320 g/mol. The molecule has 1 nitrogen and oxygen atoms in total. The standard InChI is InChI=1S/C14H15F3OS2/c1-13(2)5-6-19-12-4-3-9(7-10(12)13)11(18)8-20-14(15,16)17/h3-4,7H,5-6,8H2,1-2H3. The smallest absolute Gasteiger partial charge is 0.293 e. The SMILES string of the molecule is CC1(C)CCSc2ccc(C(=O)CSC(F)(F)F)cc21. The molecule has 20 heavy (non-hydrogen) atoms. The Hall–Kier alpha value is -0.620. The molecule has 0 saturated carbocycles. The summed E-state index contributed by atoms with van der Waals surface area (Å²) in [6.45, 7) is 4.20. The van der Waals surface area contributed by atoms with Gasteiger partial charge in [0.25, 0.3) is 0 Å². The Kier molecular flexibility index (Phi) is 4.44. The lowest BCUT2D eigenvalue weighted by Gasteiger charge is -2.32. The zero-order valence-electron chi connectivity index (χ0n) is 11.2. The number of alkyl halides is 3. The quantitative estimate of drug-likeness (QED) is 0.738. The number of Topliss-reactive ketones (excluding diaryl/α,β-unsaturated/α-hetero) is 1. The number of benzene rings is 1. The fraction of sp³-hybridized carbons (Fsp3) is 0.500. The predicted molar refractivity (Wildman–Crippen MR) is 77.7 cm³/mol. The van der Waals surface area contributed by atoms with E-state index in [4.69, 9.17) is 0 Å². The number of carbonyl (C=O) groups excluding carboxylic acids is 1. The number of hydrogen-bond donors (Lipinski definition) is 0. The first-order chi connectivity index (χ1) is 9.19. The molecule has 0 aromatic heterocycles. The van der Waals surface area contributed by atoms with Crippen molar-refractivity contribution in [3.63, 3.8) is 0 Å². The maximum absolute atomic E-state index is 12.1. The summed E-state index contributed by atoms with van der Waals surface area (Å²) in [5.74, 6) is -0.00548. The Labute approximate surface area is 124 Å². The highest BCUT2D eigenvalue weighted by atomic mass is 32.2. The minimum atomic E-state index is -4.36. The molecule has 0 spiro atoms. The van der Waals surface area contributed by atoms with E-state index in [1.807, 2.05) is 6.07 Å². The van der Waals surface area contributed by atoms with Crippen LogP contribution in [-0.4, -0.2) is 22.8 Å². The first-order valence-electron chi connectivity index (χ1n) is 6.20. The van der Waals surface area contributed by atoms with Crippen LogP contribution in [0, 0.1) is 0 Å². The molecule has 0 atom stereocenters. The molecule has 1 heterocycles. The third kappa shape index (κ3) is 3.73. The van der Waals surface area contributed by atoms with Gasteiger partial charge in [-0.1, -0.05) is 19.9 Å². The molecular weight excluding hydrogens is 305 g/mol. The molecule has 110 valence electrons. The molecule has 0 saturated heterocycles. The largest absolute Gasteiger partial charge is 0.442 e. The van der Waals surface area contributed by atoms with Gasteiger partial charge in [0.2, 0.25) is 0 Å². The monoisotopic (exact) mass is 320 g/mol. The van der Waals surface area contributed by atoms with Gasteiger partial charge in [-0.2, -0.15) is 13.2 Å². The van der Waals surface area contributed by atoms with E-state index >= 15 is 0 Å². The van der Waals surface area contributed by atoms with Crippen LogP contribution < -0.4 is 0 Å². The Bertz CT molecular complexity index is 524. The highest BCUT2D eigenvalue weighted by molar-refractivity contribution is 8.00. The summed E-state index contributed by atoms with van der Waals surface area (Å²) in [5, 5.41) is 0. The Morgan fingerprint density at radius 3 is 2.75 bits per heavy atom. The van der Waals surface area contributed by atoms with E-state index in [-0.39, 0.29) is 17.2 Å². The molecule has 0 fully saturated rings. The van der Waals surface area contributed by atoms with Crippen molar-refractivity contribution in [1.82, 2.24) is 0 Å². The molecule has 1 aromatic carbocycles. The molecule has 6 heteroatoms. The van der Waals surface area contributed by atoms with E-state index in [0.29, 0.717) is 5.56 Å². The van der Waals surface area contributed by atoms with Crippen molar-refractivity contribution in [2.45, 2.75) is 36.1 Å². The van der Waals surface area contributed by atoms with E-state index in [1.54, 1.807) is 23.9 Å². The maximum Gasteiger partial charge on any atom is 0.442 e. The van der Waals surface area contributed by atoms with Crippen molar-refractivity contribution in [1.29, 1.82) is 0 Å². The van der Waals surface area contributed by atoms with Crippen LogP contribution in [-0.2, 0) is 5.41 Å². The van der Waals surface area contributed by atoms with E-state index in [0.717, 1.165) is 22.6 Å². The number of halogens is 3. The van der Waals surface area contributed by atoms with Crippen molar-refractivity contribution < 1.29 is 18.0 Å². The minimum Gasteiger partial charge on any atom is -0.293 e. The Morgan fingerprint density at radius 1 is 1.40 bits per heavy atom. The van der Waals surface area contributed by atoms with Crippen molar-refractivity contribution in [2.24, 2.45) is 0 Å². The lowest BCUT2D eigenvalue weighted by molar-refractivity contribution is -0.0327. The zero-order chi connectivity index (χ0) is 15.0. The second-order valence-corrected chi connectivity index (χ2v) is 7.53. The van der Waals surface area contributed by atoms with Crippen molar-refractivity contribution in [2.75, 3.05) is 11.5 Å². The summed E-state index contributed by atoms with van der Waals surface area (Å²) in [7, 11) is 0. The summed E-state index contributed by atoms with van der Waals surface area (Å²) in [4.78, 5) is 13.0. The van der Waals surface area contributed by atoms with Crippen LogP contribution in [0.5, 0.6) is 0 Å². The number of rotatable bonds is 3. The Balaban J connectivity index is 2.20. The van der Waals surface area contributed by atoms with Crippen molar-refractivity contribution in [3.05, 3.63) is 29.3 Å². The first-order valence-corrected chi connectivity index (χ1v) is 8.17. The fourth-order valence-electron chi connectivity index (χ4n) is 2.14. The number of thioether (sulfide) groups is 2. The number of carbonyl (C=O) groups is 1. The van der Waals surface area contributed by atoms with Gasteiger partial charge in [0.05, 0.1) is 5.75 Å². The minimum absolute atomic E-state index is 0.0337. The normalized spacial score (nSPS) is 17.6. The van der Waals surface area contributed by atoms with Gasteiger partial charge in [-0.05, 0) is 47.0 Å². The summed E-state index contributed by atoms with van der Waals surface area (Å²) in [6.07, 6.45) is 1.000. The summed E-state index contributed by atoms with van der Waals surface area (Å²) in [6, 6.07) is 5.25. The van der Waals surface area contributed by atoms with Gasteiger partial charge in [-0.15, -0.1) is 11.8 Å². The maximum atomic E-state index is 12.1. The summed E-state index contributed by atoms with van der Waals surface area (Å²) >= 11 is 1.45. The topological polar surface area (TPSA) is 17.1 Å². The molecule has 0 N–H and O–H groups in total. The fourth-order valence-corrected chi connectivity index (χ4v) is 4.09. The van der Waals surface area contributed by atoms with Crippen LogP contribution >= 0.6 is 23.5 Å². The van der Waals surface area contributed by atoms with Crippen molar-refractivity contribution in [3.8, 4) is 0 Å². The van der Waals surface area contributed by atoms with Gasteiger partial charge >= 0.3 is 5.51 Å². The van der Waals surface area contributed by atoms with Gasteiger partial charge in [0.1, 0.15) is 0 Å². The number of fused-ring (bicyclic) bond motifs is 1. The van der Waals surface area contributed by atoms with E-state index in [9.17, 15) is 18.0 Å². The van der Waals surface area contributed by atoms with Gasteiger partial charge in [0.15, 0.2) is 5.78 Å². The first kappa shape index (κ1) is 15.8. The lowest BCUT2D eigenvalue weighted by Crippen LogP contribution is -2.23. The third-order valence-corrected chi connectivity index (χ3v) is 5.19. The highest BCUT2D eigenvalue weighted by Crippen LogP contribution is 2.42. The third-order valence-electron chi connectivity index (χ3n) is 3.38. The van der Waals surface area contributed by atoms with Crippen molar-refractivity contribution >= 4 is 29.3 Å². The molecular formula is C14H15F3OS2. The molecule has 1 aliphatic heterocycles. The molecule has 1 aliphatic rings. The number of ketones is 1. The van der Waals surface area contributed by atoms with Crippen LogP contribution in [0.2, 0.25) is 0 Å². The van der Waals surface area contributed by atoms with Crippen LogP contribution in [0.4, 0.5) is 13.2 Å². The Morgan fingerprint density at radius 2 is 2.10 bits per heavy atom. The summed E-state index contributed by atoms with van der Waals surface area (Å²) in [5.41, 5.74) is -2.96. The second kappa shape index (κ2) is 5.64. The van der Waals surface area contributed by atoms with Gasteiger partial charge in [-0.25, -0.2) is 0 Å². The summed E-state index contributed by atoms with van der Waals surface area (Å²) < 4.78 is 36.4. The average Bonchev–Trinajstić information content (AvgIpc) is 2.34. The number of hydrogen-bond acceptors (Lipinski definition) is 3. The second-order valence-electron chi connectivity index (χ2n) is 5.35. The van der Waals surface area contributed by atoms with Crippen LogP contribution in [0.25, 0.3) is 0 Å². The van der Waals surface area contributed by atoms with E-state index in [1.165, 1.54) is 0 Å². The predicted octanol–water partition coefficient (Wildman–Crippen LogP) is 4.90. The molecule has 0 aliphatic carbocycles. The molecule has 0 bridgehead atoms. The van der Waals surface area contributed by atoms with Gasteiger partial charge in [-0.3, -0.25) is 4.79 Å². The molecule has 2 rings (SSSR count). The van der Waals surface area contributed by atoms with E-state index in [2.05, 4.69) is 13.8 Å². The molecule has 0 radical (unpaired) electrons. The van der Waals surface area contributed by atoms with Crippen LogP contribution in [0.1, 0.15) is 36.2 Å². The van der Waals surface area contributed by atoms with Crippen LogP contribution in [0.3, 0.4) is 0 Å². The highest BCUT2D eigenvalue weighted by Gasteiger charge is 2.31. The van der Waals surface area contributed by atoms with Gasteiger partial charge < -0.3 is 0 Å². The molecule has 0 amide bonds. The zero-order valence-corrected chi connectivity index (χ0v) is 12.8. The lowest BCUT2D eigenvalue weighted by atomic mass is 9.81. The van der Waals surface area contributed by atoms with Gasteiger partial charge in [0, 0.05) is 10.5 Å². The van der Waals surface area contributed by atoms with E-state index < -0.39 is 17.0 Å². The van der Waals surface area contributed by atoms with Crippen LogP contribution in [0.15, 0.2) is 23.1 Å².